The molecule has 0 amide bonds. The van der Waals surface area contributed by atoms with Crippen molar-refractivity contribution in [1.82, 2.24) is 4.98 Å². The quantitative estimate of drug-likeness (QED) is 0.901. The highest BCUT2D eigenvalue weighted by molar-refractivity contribution is 5.74. The van der Waals surface area contributed by atoms with Crippen molar-refractivity contribution in [3.05, 3.63) is 29.7 Å². The molecule has 1 atom stereocenters. The smallest absolute Gasteiger partial charge is 0.306 e. The summed E-state index contributed by atoms with van der Waals surface area (Å²) in [6.45, 7) is 5.76. The van der Waals surface area contributed by atoms with Gasteiger partial charge in [0.25, 0.3) is 0 Å². The molecule has 0 aliphatic carbocycles. The number of oxazole rings is 1. The van der Waals surface area contributed by atoms with Gasteiger partial charge in [0, 0.05) is 5.92 Å². The Balaban J connectivity index is 2.29. The Morgan fingerprint density at radius 2 is 2.11 bits per heavy atom. The minimum absolute atomic E-state index is 0.249. The summed E-state index contributed by atoms with van der Waals surface area (Å²) in [5.74, 6) is -0.204. The van der Waals surface area contributed by atoms with Crippen LogP contribution in [-0.4, -0.2) is 16.1 Å². The summed E-state index contributed by atoms with van der Waals surface area (Å²) >= 11 is 0. The van der Waals surface area contributed by atoms with Crippen LogP contribution in [0.25, 0.3) is 11.1 Å². The molecule has 0 saturated carbocycles. The van der Waals surface area contributed by atoms with Gasteiger partial charge in [0.15, 0.2) is 11.5 Å². The van der Waals surface area contributed by atoms with Gasteiger partial charge in [0.2, 0.25) is 0 Å². The molecule has 1 heterocycles. The predicted octanol–water partition coefficient (Wildman–Crippen LogP) is 3.21. The van der Waals surface area contributed by atoms with E-state index < -0.39 is 5.97 Å². The molecule has 2 aromatic rings. The zero-order valence-electron chi connectivity index (χ0n) is 10.8. The maximum Gasteiger partial charge on any atom is 0.306 e. The second kappa shape index (κ2) is 4.80. The van der Waals surface area contributed by atoms with Gasteiger partial charge in [-0.1, -0.05) is 26.8 Å². The summed E-state index contributed by atoms with van der Waals surface area (Å²) in [6, 6.07) is 5.67. The highest BCUT2D eigenvalue weighted by Crippen LogP contribution is 2.22. The molecule has 2 rings (SSSR count). The van der Waals surface area contributed by atoms with Gasteiger partial charge in [-0.05, 0) is 24.1 Å². The summed E-state index contributed by atoms with van der Waals surface area (Å²) in [7, 11) is 0. The van der Waals surface area contributed by atoms with Gasteiger partial charge in [-0.2, -0.15) is 0 Å². The lowest BCUT2D eigenvalue weighted by atomic mass is 10.0. The standard InChI is InChI=1S/C14H17NO3/c1-8(2)13-15-11-7-10(4-5-12(11)18-13)6-9(3)14(16)17/h4-5,7-9H,6H2,1-3H3,(H,16,17). The fraction of sp³-hybridized carbons (Fsp3) is 0.429. The average molecular weight is 247 g/mol. The highest BCUT2D eigenvalue weighted by Gasteiger charge is 2.14. The minimum Gasteiger partial charge on any atom is -0.481 e. The zero-order valence-corrected chi connectivity index (χ0v) is 10.8. The van der Waals surface area contributed by atoms with E-state index in [4.69, 9.17) is 9.52 Å². The molecule has 1 N–H and O–H groups in total. The first-order valence-electron chi connectivity index (χ1n) is 6.09. The van der Waals surface area contributed by atoms with Gasteiger partial charge >= 0.3 is 5.97 Å². The number of nitrogens with zero attached hydrogens (tertiary/aromatic N) is 1. The van der Waals surface area contributed by atoms with E-state index in [2.05, 4.69) is 4.98 Å². The predicted molar refractivity (Wildman–Crippen MR) is 68.6 cm³/mol. The lowest BCUT2D eigenvalue weighted by Crippen LogP contribution is -2.12. The lowest BCUT2D eigenvalue weighted by molar-refractivity contribution is -0.141. The molecule has 0 aliphatic heterocycles. The van der Waals surface area contributed by atoms with Crippen LogP contribution >= 0.6 is 0 Å². The Kier molecular flexibility index (Phi) is 3.36. The van der Waals surface area contributed by atoms with E-state index in [1.54, 1.807) is 6.92 Å². The van der Waals surface area contributed by atoms with Crippen molar-refractivity contribution in [3.63, 3.8) is 0 Å². The topological polar surface area (TPSA) is 63.3 Å². The first-order valence-corrected chi connectivity index (χ1v) is 6.09. The largest absolute Gasteiger partial charge is 0.481 e. The van der Waals surface area contributed by atoms with Crippen LogP contribution in [-0.2, 0) is 11.2 Å². The Labute approximate surface area is 106 Å². The SMILES string of the molecule is CC(Cc1ccc2oc(C(C)C)nc2c1)C(=O)O. The van der Waals surface area contributed by atoms with Crippen molar-refractivity contribution in [2.45, 2.75) is 33.1 Å². The van der Waals surface area contributed by atoms with Crippen molar-refractivity contribution >= 4 is 17.1 Å². The van der Waals surface area contributed by atoms with Crippen LogP contribution in [0.15, 0.2) is 22.6 Å². The van der Waals surface area contributed by atoms with Crippen molar-refractivity contribution < 1.29 is 14.3 Å². The van der Waals surface area contributed by atoms with Gasteiger partial charge in [0.05, 0.1) is 5.92 Å². The third kappa shape index (κ3) is 2.53. The molecule has 1 aromatic carbocycles. The number of fused-ring (bicyclic) bond motifs is 1. The molecule has 1 unspecified atom stereocenters. The summed E-state index contributed by atoms with van der Waals surface area (Å²) in [5, 5.41) is 8.90. The van der Waals surface area contributed by atoms with E-state index in [-0.39, 0.29) is 11.8 Å². The fourth-order valence-corrected chi connectivity index (χ4v) is 1.81. The van der Waals surface area contributed by atoms with Crippen LogP contribution in [0.2, 0.25) is 0 Å². The Bertz CT molecular complexity index is 571. The molecular formula is C14H17NO3. The number of carboxylic acids is 1. The molecule has 4 nitrogen and oxygen atoms in total. The number of benzene rings is 1. The van der Waals surface area contributed by atoms with Crippen molar-refractivity contribution in [2.75, 3.05) is 0 Å². The van der Waals surface area contributed by atoms with Crippen molar-refractivity contribution in [3.8, 4) is 0 Å². The van der Waals surface area contributed by atoms with Crippen LogP contribution in [0.5, 0.6) is 0 Å². The second-order valence-electron chi connectivity index (χ2n) is 4.95. The molecule has 0 aliphatic rings. The second-order valence-corrected chi connectivity index (χ2v) is 4.95. The molecule has 4 heteroatoms. The van der Waals surface area contributed by atoms with Gasteiger partial charge in [-0.25, -0.2) is 4.98 Å². The van der Waals surface area contributed by atoms with E-state index in [0.29, 0.717) is 12.3 Å². The molecule has 0 fully saturated rings. The molecule has 18 heavy (non-hydrogen) atoms. The number of carboxylic acid groups (broad SMARTS) is 1. The first-order chi connectivity index (χ1) is 8.47. The number of aromatic nitrogens is 1. The van der Waals surface area contributed by atoms with Crippen LogP contribution in [0.4, 0.5) is 0 Å². The Morgan fingerprint density at radius 3 is 2.72 bits per heavy atom. The molecule has 0 radical (unpaired) electrons. The van der Waals surface area contributed by atoms with Gasteiger partial charge < -0.3 is 9.52 Å². The van der Waals surface area contributed by atoms with E-state index >= 15 is 0 Å². The van der Waals surface area contributed by atoms with Crippen LogP contribution < -0.4 is 0 Å². The van der Waals surface area contributed by atoms with E-state index in [1.165, 1.54) is 0 Å². The van der Waals surface area contributed by atoms with Crippen molar-refractivity contribution in [1.29, 1.82) is 0 Å². The van der Waals surface area contributed by atoms with Gasteiger partial charge in [0.1, 0.15) is 5.52 Å². The third-order valence-corrected chi connectivity index (χ3v) is 2.93. The summed E-state index contributed by atoms with van der Waals surface area (Å²) < 4.78 is 5.61. The van der Waals surface area contributed by atoms with Crippen molar-refractivity contribution in [2.24, 2.45) is 5.92 Å². The number of aliphatic carboxylic acids is 1. The lowest BCUT2D eigenvalue weighted by Gasteiger charge is -2.05. The monoisotopic (exact) mass is 247 g/mol. The van der Waals surface area contributed by atoms with Gasteiger partial charge in [-0.3, -0.25) is 4.79 Å². The maximum absolute atomic E-state index is 10.8. The van der Waals surface area contributed by atoms with Gasteiger partial charge in [-0.15, -0.1) is 0 Å². The molecule has 0 bridgehead atoms. The molecule has 96 valence electrons. The van der Waals surface area contributed by atoms with Crippen LogP contribution in [0.3, 0.4) is 0 Å². The number of carbonyl (C=O) groups is 1. The molecule has 1 aromatic heterocycles. The Hall–Kier alpha value is -1.84. The summed E-state index contributed by atoms with van der Waals surface area (Å²) in [4.78, 5) is 15.2. The zero-order chi connectivity index (χ0) is 13.3. The molecule has 0 spiro atoms. The normalized spacial score (nSPS) is 13.1. The van der Waals surface area contributed by atoms with Crippen LogP contribution in [0.1, 0.15) is 38.1 Å². The Morgan fingerprint density at radius 1 is 1.39 bits per heavy atom. The third-order valence-electron chi connectivity index (χ3n) is 2.93. The summed E-state index contributed by atoms with van der Waals surface area (Å²) in [6.07, 6.45) is 0.509. The average Bonchev–Trinajstić information content (AvgIpc) is 2.71. The maximum atomic E-state index is 10.8. The minimum atomic E-state index is -0.780. The highest BCUT2D eigenvalue weighted by atomic mass is 16.4. The number of hydrogen-bond acceptors (Lipinski definition) is 3. The summed E-state index contributed by atoms with van der Waals surface area (Å²) in [5.41, 5.74) is 2.53. The fourth-order valence-electron chi connectivity index (χ4n) is 1.81. The number of hydrogen-bond donors (Lipinski definition) is 1. The van der Waals surface area contributed by atoms with E-state index in [9.17, 15) is 4.79 Å². The number of rotatable bonds is 4. The molecular weight excluding hydrogens is 230 g/mol. The van der Waals surface area contributed by atoms with E-state index in [0.717, 1.165) is 16.7 Å². The molecule has 0 saturated heterocycles. The first kappa shape index (κ1) is 12.6. The van der Waals surface area contributed by atoms with E-state index in [1.807, 2.05) is 32.0 Å². The van der Waals surface area contributed by atoms with Crippen LogP contribution in [0, 0.1) is 5.92 Å².